The van der Waals surface area contributed by atoms with E-state index in [-0.39, 0.29) is 36.5 Å². The van der Waals surface area contributed by atoms with Crippen molar-refractivity contribution in [3.05, 3.63) is 29.3 Å². The Balaban J connectivity index is 2.64. The molecule has 0 heterocycles. The van der Waals surface area contributed by atoms with Gasteiger partial charge >= 0.3 is 5.97 Å². The van der Waals surface area contributed by atoms with E-state index >= 15 is 0 Å². The molecule has 0 aromatic heterocycles. The molecule has 33 heavy (non-hydrogen) atoms. The van der Waals surface area contributed by atoms with Gasteiger partial charge in [-0.15, -0.1) is 0 Å². The fraction of sp³-hybridized carbons (Fsp3) is 0.565. The van der Waals surface area contributed by atoms with E-state index in [9.17, 15) is 19.2 Å². The molecule has 0 saturated carbocycles. The summed E-state index contributed by atoms with van der Waals surface area (Å²) in [4.78, 5) is 48.8. The Kier molecular flexibility index (Phi) is 13.3. The second kappa shape index (κ2) is 15.1. The molecule has 8 nitrogen and oxygen atoms in total. The number of amides is 3. The minimum Gasteiger partial charge on any atom is -0.469 e. The van der Waals surface area contributed by atoms with Gasteiger partial charge in [0.1, 0.15) is 12.1 Å². The van der Waals surface area contributed by atoms with Crippen LogP contribution in [0.4, 0.5) is 5.69 Å². The number of methoxy groups -OCH3 is 1. The van der Waals surface area contributed by atoms with Crippen molar-refractivity contribution in [2.45, 2.75) is 69.2 Å². The van der Waals surface area contributed by atoms with Crippen LogP contribution in [0.2, 0.25) is 0 Å². The van der Waals surface area contributed by atoms with Gasteiger partial charge in [0, 0.05) is 29.2 Å². The number of nitrogens with one attached hydrogen (secondary N) is 3. The van der Waals surface area contributed by atoms with Crippen molar-refractivity contribution in [1.29, 1.82) is 0 Å². The van der Waals surface area contributed by atoms with Crippen LogP contribution in [0, 0.1) is 5.92 Å². The van der Waals surface area contributed by atoms with Crippen molar-refractivity contribution in [3.63, 3.8) is 0 Å². The first-order chi connectivity index (χ1) is 15.6. The first-order valence-corrected chi connectivity index (χ1v) is 13.1. The summed E-state index contributed by atoms with van der Waals surface area (Å²) in [6.07, 6.45) is 1.49. The van der Waals surface area contributed by atoms with Crippen LogP contribution in [0.3, 0.4) is 0 Å². The average molecular weight is 591 g/mol. The molecule has 184 valence electrons. The van der Waals surface area contributed by atoms with E-state index in [2.05, 4.69) is 52.5 Å². The third-order valence-corrected chi connectivity index (χ3v) is 6.20. The molecule has 3 N–H and O–H groups in total. The van der Waals surface area contributed by atoms with Crippen LogP contribution in [0.1, 0.15) is 57.6 Å². The maximum atomic E-state index is 12.8. The van der Waals surface area contributed by atoms with Crippen LogP contribution < -0.4 is 16.0 Å². The van der Waals surface area contributed by atoms with E-state index in [4.69, 9.17) is 0 Å². The van der Waals surface area contributed by atoms with Gasteiger partial charge in [-0.25, -0.2) is 0 Å². The number of hydrogen-bond acceptors (Lipinski definition) is 5. The van der Waals surface area contributed by atoms with E-state index in [1.165, 1.54) is 7.11 Å². The molecule has 0 bridgehead atoms. The molecule has 0 aliphatic carbocycles. The maximum Gasteiger partial charge on any atom is 0.305 e. The summed E-state index contributed by atoms with van der Waals surface area (Å²) in [7, 11) is 1.32. The number of benzene rings is 1. The van der Waals surface area contributed by atoms with Gasteiger partial charge in [-0.1, -0.05) is 51.8 Å². The topological polar surface area (TPSA) is 114 Å². The summed E-state index contributed by atoms with van der Waals surface area (Å²) in [5.41, 5.74) is 2.69. The molecule has 0 saturated heterocycles. The van der Waals surface area contributed by atoms with E-state index in [0.29, 0.717) is 29.2 Å². The van der Waals surface area contributed by atoms with Crippen molar-refractivity contribution in [3.8, 4) is 0 Å². The second-order valence-electron chi connectivity index (χ2n) is 8.10. The minimum atomic E-state index is -0.796. The average Bonchev–Trinajstić information content (AvgIpc) is 2.79. The van der Waals surface area contributed by atoms with Crippen LogP contribution in [-0.4, -0.2) is 42.9 Å². The summed E-state index contributed by atoms with van der Waals surface area (Å²) in [5, 5.41) is 9.56. The van der Waals surface area contributed by atoms with Crippen molar-refractivity contribution in [2.24, 2.45) is 5.92 Å². The number of anilines is 1. The number of halogens is 2. The Morgan fingerprint density at radius 2 is 1.45 bits per heavy atom. The quantitative estimate of drug-likeness (QED) is 0.184. The third-order valence-electron chi connectivity index (χ3n) is 4.91. The van der Waals surface area contributed by atoms with Gasteiger partial charge < -0.3 is 20.7 Å². The molecule has 0 aliphatic heterocycles. The Morgan fingerprint density at radius 3 is 1.97 bits per heavy atom. The third kappa shape index (κ3) is 10.7. The molecule has 2 atom stereocenters. The molecule has 0 aliphatic rings. The van der Waals surface area contributed by atoms with Gasteiger partial charge in [0.05, 0.1) is 7.11 Å². The number of carbonyl (C=O) groups is 4. The first kappa shape index (κ1) is 29.1. The lowest BCUT2D eigenvalue weighted by molar-refractivity contribution is -0.140. The number of hydrogen-bond donors (Lipinski definition) is 3. The molecule has 0 fully saturated rings. The van der Waals surface area contributed by atoms with Crippen molar-refractivity contribution in [1.82, 2.24) is 10.6 Å². The maximum absolute atomic E-state index is 12.8. The predicted octanol–water partition coefficient (Wildman–Crippen LogP) is 3.79. The number of ether oxygens (including phenoxy) is 1. The molecule has 3 amide bonds. The van der Waals surface area contributed by atoms with Gasteiger partial charge in [-0.2, -0.15) is 0 Å². The highest BCUT2D eigenvalue weighted by molar-refractivity contribution is 9.08. The van der Waals surface area contributed by atoms with Gasteiger partial charge in [0.25, 0.3) is 0 Å². The van der Waals surface area contributed by atoms with Gasteiger partial charge in [0.2, 0.25) is 17.7 Å². The number of esters is 1. The Labute approximate surface area is 212 Å². The van der Waals surface area contributed by atoms with Gasteiger partial charge in [-0.05, 0) is 48.9 Å². The molecule has 1 aromatic carbocycles. The summed E-state index contributed by atoms with van der Waals surface area (Å²) < 4.78 is 4.57. The molecule has 1 aromatic rings. The molecule has 1 rings (SSSR count). The second-order valence-corrected chi connectivity index (χ2v) is 9.22. The fourth-order valence-corrected chi connectivity index (χ4v) is 3.69. The largest absolute Gasteiger partial charge is 0.469 e. The zero-order valence-electron chi connectivity index (χ0n) is 19.5. The lowest BCUT2D eigenvalue weighted by Gasteiger charge is -2.24. The first-order valence-electron chi connectivity index (χ1n) is 10.8. The normalized spacial score (nSPS) is 12.6. The number of unbranched alkanes of at least 4 members (excludes halogenated alkanes) is 1. The van der Waals surface area contributed by atoms with Crippen LogP contribution in [0.5, 0.6) is 0 Å². The minimum absolute atomic E-state index is 0.170. The molecular formula is C23H33Br2N3O5. The lowest BCUT2D eigenvalue weighted by Crippen LogP contribution is -2.53. The number of carbonyl (C=O) groups excluding carboxylic acids is 4. The fourth-order valence-electron chi connectivity index (χ4n) is 3.05. The van der Waals surface area contributed by atoms with Crippen LogP contribution in [0.15, 0.2) is 18.2 Å². The summed E-state index contributed by atoms with van der Waals surface area (Å²) in [6, 6.07) is 4.19. The van der Waals surface area contributed by atoms with E-state index in [1.807, 2.05) is 32.0 Å². The summed E-state index contributed by atoms with van der Waals surface area (Å²) >= 11 is 6.84. The van der Waals surface area contributed by atoms with E-state index in [1.54, 1.807) is 6.92 Å². The van der Waals surface area contributed by atoms with Crippen molar-refractivity contribution < 1.29 is 23.9 Å². The van der Waals surface area contributed by atoms with Crippen molar-refractivity contribution >= 4 is 61.2 Å². The SMILES string of the molecule is COC(=O)CCCCC(=O)NC(C(=O)N[C@@H](C)C(=O)Nc1cc(CBr)cc(CBr)c1)C(C)C. The summed E-state index contributed by atoms with van der Waals surface area (Å²) in [6.45, 7) is 5.24. The Morgan fingerprint density at radius 1 is 0.879 bits per heavy atom. The number of rotatable bonds is 13. The van der Waals surface area contributed by atoms with Gasteiger partial charge in [-0.3, -0.25) is 19.2 Å². The van der Waals surface area contributed by atoms with Crippen LogP contribution >= 0.6 is 31.9 Å². The highest BCUT2D eigenvalue weighted by Gasteiger charge is 2.27. The van der Waals surface area contributed by atoms with E-state index < -0.39 is 18.0 Å². The van der Waals surface area contributed by atoms with Gasteiger partial charge in [0.15, 0.2) is 0 Å². The summed E-state index contributed by atoms with van der Waals surface area (Å²) in [5.74, 6) is -1.54. The zero-order chi connectivity index (χ0) is 25.0. The highest BCUT2D eigenvalue weighted by Crippen LogP contribution is 2.19. The number of alkyl halides is 2. The standard InChI is InChI=1S/C23H33Br2N3O5/c1-14(2)21(28-19(29)7-5-6-8-20(30)33-4)23(32)26-15(3)22(31)27-18-10-16(12-24)9-17(11-18)13-25/h9-11,14-15,21H,5-8,12-13H2,1-4H3,(H,26,32)(H,27,31)(H,28,29)/t15-,21?/m0/s1. The predicted molar refractivity (Wildman–Crippen MR) is 135 cm³/mol. The molecule has 10 heteroatoms. The zero-order valence-corrected chi connectivity index (χ0v) is 22.7. The van der Waals surface area contributed by atoms with Crippen LogP contribution in [-0.2, 0) is 34.6 Å². The van der Waals surface area contributed by atoms with Crippen LogP contribution in [0.25, 0.3) is 0 Å². The molecule has 1 unspecified atom stereocenters. The monoisotopic (exact) mass is 589 g/mol. The molecule has 0 radical (unpaired) electrons. The smallest absolute Gasteiger partial charge is 0.305 e. The molecule has 0 spiro atoms. The Bertz CT molecular complexity index is 810. The van der Waals surface area contributed by atoms with Crippen molar-refractivity contribution in [2.75, 3.05) is 12.4 Å². The lowest BCUT2D eigenvalue weighted by atomic mass is 10.0. The Hall–Kier alpha value is -1.94. The van der Waals surface area contributed by atoms with E-state index in [0.717, 1.165) is 11.1 Å². The highest BCUT2D eigenvalue weighted by atomic mass is 79.9. The molecular weight excluding hydrogens is 558 g/mol.